The second kappa shape index (κ2) is 6.89. The molecule has 122 valence electrons. The predicted molar refractivity (Wildman–Crippen MR) is 83.2 cm³/mol. The molecule has 1 unspecified atom stereocenters. The van der Waals surface area contributed by atoms with Crippen molar-refractivity contribution in [1.82, 2.24) is 10.2 Å². The van der Waals surface area contributed by atoms with E-state index in [1.807, 2.05) is 0 Å². The second-order valence-electron chi connectivity index (χ2n) is 6.06. The molecule has 2 fully saturated rings. The summed E-state index contributed by atoms with van der Waals surface area (Å²) in [6.07, 6.45) is 2.23. The molecule has 4 nitrogen and oxygen atoms in total. The van der Waals surface area contributed by atoms with Gasteiger partial charge in [0.05, 0.1) is 12.2 Å². The monoisotopic (exact) mass is 331 g/mol. The Morgan fingerprint density at radius 3 is 2.91 bits per heavy atom. The van der Waals surface area contributed by atoms with E-state index in [0.29, 0.717) is 5.41 Å². The van der Waals surface area contributed by atoms with Crippen molar-refractivity contribution in [2.45, 2.75) is 12.8 Å². The molecule has 0 saturated carbocycles. The third kappa shape index (κ3) is 3.74. The van der Waals surface area contributed by atoms with Gasteiger partial charge in [0.25, 0.3) is 0 Å². The summed E-state index contributed by atoms with van der Waals surface area (Å²) in [4.78, 5) is 14.1. The highest BCUT2D eigenvalue weighted by molar-refractivity contribution is 5.92. The summed E-state index contributed by atoms with van der Waals surface area (Å²) in [6, 6.07) is 3.04. The van der Waals surface area contributed by atoms with Crippen molar-refractivity contribution in [1.29, 1.82) is 0 Å². The quantitative estimate of drug-likeness (QED) is 0.890. The van der Waals surface area contributed by atoms with Gasteiger partial charge in [0, 0.05) is 19.2 Å². The van der Waals surface area contributed by atoms with Gasteiger partial charge in [-0.2, -0.15) is 0 Å². The number of likely N-dealkylation sites (tertiary alicyclic amines) is 1. The zero-order valence-electron chi connectivity index (χ0n) is 12.2. The van der Waals surface area contributed by atoms with Gasteiger partial charge in [0.2, 0.25) is 5.91 Å². The normalized spacial score (nSPS) is 24.5. The van der Waals surface area contributed by atoms with Crippen LogP contribution in [-0.4, -0.2) is 43.5 Å². The molecule has 0 aromatic heterocycles. The lowest BCUT2D eigenvalue weighted by Gasteiger charge is -2.22. The van der Waals surface area contributed by atoms with E-state index in [1.54, 1.807) is 0 Å². The number of rotatable bonds is 3. The van der Waals surface area contributed by atoms with Crippen LogP contribution in [-0.2, 0) is 4.79 Å². The summed E-state index contributed by atoms with van der Waals surface area (Å²) in [5.74, 6) is -1.49. The molecule has 22 heavy (non-hydrogen) atoms. The van der Waals surface area contributed by atoms with Gasteiger partial charge in [-0.1, -0.05) is 0 Å². The van der Waals surface area contributed by atoms with E-state index in [4.69, 9.17) is 0 Å². The molecule has 1 aromatic rings. The van der Waals surface area contributed by atoms with Crippen molar-refractivity contribution in [3.05, 3.63) is 29.8 Å². The van der Waals surface area contributed by atoms with Crippen LogP contribution < -0.4 is 10.6 Å². The second-order valence-corrected chi connectivity index (χ2v) is 6.06. The van der Waals surface area contributed by atoms with Crippen LogP contribution in [0.2, 0.25) is 0 Å². The van der Waals surface area contributed by atoms with E-state index in [2.05, 4.69) is 15.5 Å². The molecular formula is C15H20ClF2N3O. The number of hydrogen-bond acceptors (Lipinski definition) is 3. The number of carbonyl (C=O) groups is 1. The van der Waals surface area contributed by atoms with Crippen molar-refractivity contribution in [2.24, 2.45) is 5.41 Å². The van der Waals surface area contributed by atoms with Crippen LogP contribution in [0.25, 0.3) is 0 Å². The van der Waals surface area contributed by atoms with Crippen LogP contribution in [0, 0.1) is 17.0 Å². The van der Waals surface area contributed by atoms with Crippen LogP contribution in [0.5, 0.6) is 0 Å². The highest BCUT2D eigenvalue weighted by Gasteiger charge is 2.40. The van der Waals surface area contributed by atoms with Crippen LogP contribution in [0.1, 0.15) is 12.8 Å². The number of benzene rings is 1. The van der Waals surface area contributed by atoms with E-state index in [-0.39, 0.29) is 30.5 Å². The molecule has 2 aliphatic rings. The van der Waals surface area contributed by atoms with Gasteiger partial charge < -0.3 is 10.6 Å². The Morgan fingerprint density at radius 1 is 1.36 bits per heavy atom. The number of anilines is 1. The lowest BCUT2D eigenvalue weighted by molar-refractivity contribution is -0.117. The van der Waals surface area contributed by atoms with Crippen molar-refractivity contribution in [3.63, 3.8) is 0 Å². The molecule has 1 atom stereocenters. The summed E-state index contributed by atoms with van der Waals surface area (Å²) < 4.78 is 26.5. The maximum absolute atomic E-state index is 13.5. The standard InChI is InChI=1S/C15H19F2N3O.ClH/c16-11-1-2-12(17)13(7-11)19-14(21)8-20-6-4-15(10-20)3-5-18-9-15;/h1-2,7,18H,3-6,8-10H2,(H,19,21);1H. The Bertz CT molecular complexity index is 550. The van der Waals surface area contributed by atoms with Crippen molar-refractivity contribution in [3.8, 4) is 0 Å². The topological polar surface area (TPSA) is 44.4 Å². The van der Waals surface area contributed by atoms with Crippen LogP contribution in [0.3, 0.4) is 0 Å². The fraction of sp³-hybridized carbons (Fsp3) is 0.533. The van der Waals surface area contributed by atoms with Crippen molar-refractivity contribution >= 4 is 24.0 Å². The molecule has 3 rings (SSSR count). The zero-order valence-corrected chi connectivity index (χ0v) is 13.0. The lowest BCUT2D eigenvalue weighted by Crippen LogP contribution is -2.34. The number of carbonyl (C=O) groups excluding carboxylic acids is 1. The van der Waals surface area contributed by atoms with Gasteiger partial charge in [-0.15, -0.1) is 12.4 Å². The van der Waals surface area contributed by atoms with E-state index >= 15 is 0 Å². The van der Waals surface area contributed by atoms with Gasteiger partial charge in [0.15, 0.2) is 0 Å². The van der Waals surface area contributed by atoms with Crippen molar-refractivity contribution < 1.29 is 13.6 Å². The third-order valence-electron chi connectivity index (χ3n) is 4.42. The molecule has 2 saturated heterocycles. The third-order valence-corrected chi connectivity index (χ3v) is 4.42. The molecule has 0 aliphatic carbocycles. The molecule has 1 amide bonds. The van der Waals surface area contributed by atoms with Gasteiger partial charge in [-0.25, -0.2) is 8.78 Å². The molecule has 1 spiro atoms. The average molecular weight is 332 g/mol. The summed E-state index contributed by atoms with van der Waals surface area (Å²) in [5, 5.41) is 5.81. The Morgan fingerprint density at radius 2 is 2.18 bits per heavy atom. The molecular weight excluding hydrogens is 312 g/mol. The summed E-state index contributed by atoms with van der Waals surface area (Å²) in [6.45, 7) is 4.02. The van der Waals surface area contributed by atoms with E-state index in [9.17, 15) is 13.6 Å². The molecule has 2 N–H and O–H groups in total. The molecule has 2 aliphatic heterocycles. The lowest BCUT2D eigenvalue weighted by atomic mass is 9.87. The Kier molecular flexibility index (Phi) is 5.36. The number of nitrogens with zero attached hydrogens (tertiary/aromatic N) is 1. The Hall–Kier alpha value is -1.24. The zero-order chi connectivity index (χ0) is 14.9. The number of amides is 1. The Labute approximate surface area is 134 Å². The van der Waals surface area contributed by atoms with Gasteiger partial charge >= 0.3 is 0 Å². The first-order valence-electron chi connectivity index (χ1n) is 7.24. The van der Waals surface area contributed by atoms with E-state index in [1.165, 1.54) is 0 Å². The van der Waals surface area contributed by atoms with Gasteiger partial charge in [0.1, 0.15) is 11.6 Å². The minimum atomic E-state index is -0.623. The first kappa shape index (κ1) is 17.1. The average Bonchev–Trinajstić information content (AvgIpc) is 3.05. The van der Waals surface area contributed by atoms with Gasteiger partial charge in [-0.05, 0) is 43.5 Å². The predicted octanol–water partition coefficient (Wildman–Crippen LogP) is 2.01. The van der Waals surface area contributed by atoms with Gasteiger partial charge in [-0.3, -0.25) is 9.69 Å². The maximum Gasteiger partial charge on any atom is 0.238 e. The highest BCUT2D eigenvalue weighted by atomic mass is 35.5. The summed E-state index contributed by atoms with van der Waals surface area (Å²) in [5.41, 5.74) is 0.196. The summed E-state index contributed by atoms with van der Waals surface area (Å²) >= 11 is 0. The smallest absolute Gasteiger partial charge is 0.238 e. The Balaban J connectivity index is 0.00000176. The fourth-order valence-electron chi connectivity index (χ4n) is 3.29. The molecule has 0 bridgehead atoms. The SMILES string of the molecule is Cl.O=C(CN1CCC2(CCNC2)C1)Nc1cc(F)ccc1F. The van der Waals surface area contributed by atoms with E-state index < -0.39 is 11.6 Å². The van der Waals surface area contributed by atoms with Crippen LogP contribution in [0.15, 0.2) is 18.2 Å². The highest BCUT2D eigenvalue weighted by Crippen LogP contribution is 2.35. The summed E-state index contributed by atoms with van der Waals surface area (Å²) in [7, 11) is 0. The van der Waals surface area contributed by atoms with Crippen LogP contribution >= 0.6 is 12.4 Å². The first-order valence-corrected chi connectivity index (χ1v) is 7.24. The number of hydrogen-bond donors (Lipinski definition) is 2. The van der Waals surface area contributed by atoms with Crippen LogP contribution in [0.4, 0.5) is 14.5 Å². The number of nitrogens with one attached hydrogen (secondary N) is 2. The molecule has 0 radical (unpaired) electrons. The molecule has 1 aromatic carbocycles. The number of halogens is 3. The molecule has 2 heterocycles. The molecule has 7 heteroatoms. The minimum Gasteiger partial charge on any atom is -0.322 e. The first-order chi connectivity index (χ1) is 10.1. The maximum atomic E-state index is 13.5. The van der Waals surface area contributed by atoms with E-state index in [0.717, 1.165) is 57.2 Å². The largest absolute Gasteiger partial charge is 0.322 e. The minimum absolute atomic E-state index is 0. The fourth-order valence-corrected chi connectivity index (χ4v) is 3.29. The van der Waals surface area contributed by atoms with Crippen molar-refractivity contribution in [2.75, 3.05) is 38.0 Å².